The Kier molecular flexibility index (Phi) is 4.24. The first kappa shape index (κ1) is 15.5. The van der Waals surface area contributed by atoms with Gasteiger partial charge in [-0.25, -0.2) is 4.39 Å². The zero-order chi connectivity index (χ0) is 15.7. The van der Waals surface area contributed by atoms with Crippen LogP contribution < -0.4 is 9.47 Å². The molecule has 6 nitrogen and oxygen atoms in total. The monoisotopic (exact) mass is 375 g/mol. The highest BCUT2D eigenvalue weighted by atomic mass is 79.9. The number of hydrogen-bond donors (Lipinski definition) is 1. The van der Waals surface area contributed by atoms with Crippen LogP contribution in [0.2, 0.25) is 0 Å². The Balaban J connectivity index is 1.79. The minimum absolute atomic E-state index is 0.0800. The molecule has 1 fully saturated rings. The maximum absolute atomic E-state index is 14.9. The Morgan fingerprint density at radius 3 is 2.73 bits per heavy atom. The summed E-state index contributed by atoms with van der Waals surface area (Å²) in [4.78, 5) is 13.6. The van der Waals surface area contributed by atoms with Crippen molar-refractivity contribution >= 4 is 21.8 Å². The minimum atomic E-state index is -2.61. The molecule has 2 heterocycles. The van der Waals surface area contributed by atoms with Crippen molar-refractivity contribution in [1.29, 1.82) is 0 Å². The summed E-state index contributed by atoms with van der Waals surface area (Å²) in [6.07, 6.45) is -1.67. The van der Waals surface area contributed by atoms with Crippen LogP contribution >= 0.6 is 15.9 Å². The first-order valence-corrected chi connectivity index (χ1v) is 7.62. The fraction of sp³-hybridized carbons (Fsp3) is 0.500. The molecule has 2 atom stereocenters. The quantitative estimate of drug-likeness (QED) is 0.808. The Hall–Kier alpha value is -1.38. The third-order valence-corrected chi connectivity index (χ3v) is 4.41. The van der Waals surface area contributed by atoms with Gasteiger partial charge in [0, 0.05) is 13.1 Å². The van der Waals surface area contributed by atoms with Crippen LogP contribution in [0.1, 0.15) is 11.7 Å². The van der Waals surface area contributed by atoms with Crippen molar-refractivity contribution in [1.82, 2.24) is 4.90 Å². The van der Waals surface area contributed by atoms with E-state index in [1.54, 1.807) is 6.07 Å². The summed E-state index contributed by atoms with van der Waals surface area (Å²) in [6.45, 7) is 1.38. The molecular weight excluding hydrogens is 361 g/mol. The van der Waals surface area contributed by atoms with Crippen LogP contribution in [-0.2, 0) is 9.53 Å². The molecule has 0 aliphatic carbocycles. The molecule has 0 saturated carbocycles. The minimum Gasteiger partial charge on any atom is -0.454 e. The summed E-state index contributed by atoms with van der Waals surface area (Å²) in [5.74, 6) is 0.120. The number of nitrogens with zero attached hydrogens (tertiary/aromatic N) is 1. The number of carbonyl (C=O) groups is 1. The lowest BCUT2D eigenvalue weighted by Crippen LogP contribution is -2.50. The van der Waals surface area contributed by atoms with Gasteiger partial charge in [0.1, 0.15) is 6.10 Å². The molecule has 1 N–H and O–H groups in total. The SMILES string of the molecule is O=C(N1CCOCC1)C(F)(Br)C(O)c1ccc2c(c1)OCO2. The molecule has 1 aromatic rings. The second-order valence-corrected chi connectivity index (χ2v) is 6.20. The number of aliphatic hydroxyl groups is 1. The van der Waals surface area contributed by atoms with E-state index in [0.29, 0.717) is 37.8 Å². The summed E-state index contributed by atoms with van der Waals surface area (Å²) < 4.78 is 27.7. The van der Waals surface area contributed by atoms with Gasteiger partial charge in [-0.3, -0.25) is 4.79 Å². The van der Waals surface area contributed by atoms with Crippen LogP contribution in [0.15, 0.2) is 18.2 Å². The lowest BCUT2D eigenvalue weighted by molar-refractivity contribution is -0.147. The topological polar surface area (TPSA) is 68.2 Å². The van der Waals surface area contributed by atoms with Gasteiger partial charge in [0.2, 0.25) is 6.79 Å². The van der Waals surface area contributed by atoms with Crippen molar-refractivity contribution in [2.45, 2.75) is 10.7 Å². The first-order chi connectivity index (χ1) is 10.5. The maximum Gasteiger partial charge on any atom is 0.274 e. The number of ether oxygens (including phenoxy) is 3. The zero-order valence-electron chi connectivity index (χ0n) is 11.6. The lowest BCUT2D eigenvalue weighted by Gasteiger charge is -2.33. The molecule has 22 heavy (non-hydrogen) atoms. The maximum atomic E-state index is 14.9. The van der Waals surface area contributed by atoms with Gasteiger partial charge < -0.3 is 24.2 Å². The number of benzene rings is 1. The molecule has 0 aromatic heterocycles. The van der Waals surface area contributed by atoms with E-state index in [-0.39, 0.29) is 12.4 Å². The number of amides is 1. The molecule has 0 radical (unpaired) electrons. The second kappa shape index (κ2) is 6.02. The van der Waals surface area contributed by atoms with Crippen LogP contribution in [0.3, 0.4) is 0 Å². The van der Waals surface area contributed by atoms with Crippen molar-refractivity contribution in [2.24, 2.45) is 0 Å². The Morgan fingerprint density at radius 2 is 2.00 bits per heavy atom. The number of fused-ring (bicyclic) bond motifs is 1. The second-order valence-electron chi connectivity index (χ2n) is 5.04. The van der Waals surface area contributed by atoms with E-state index in [0.717, 1.165) is 0 Å². The molecule has 0 bridgehead atoms. The van der Waals surface area contributed by atoms with Crippen molar-refractivity contribution in [3.8, 4) is 11.5 Å². The van der Waals surface area contributed by atoms with E-state index < -0.39 is 16.6 Å². The van der Waals surface area contributed by atoms with Gasteiger partial charge >= 0.3 is 0 Å². The van der Waals surface area contributed by atoms with Crippen LogP contribution in [0.25, 0.3) is 0 Å². The van der Waals surface area contributed by atoms with E-state index in [2.05, 4.69) is 15.9 Å². The normalized spacial score (nSPS) is 21.3. The summed E-state index contributed by atoms with van der Waals surface area (Å²) in [5, 5.41) is 10.3. The van der Waals surface area contributed by atoms with Crippen molar-refractivity contribution in [3.05, 3.63) is 23.8 Å². The Labute approximate surface area is 134 Å². The molecular formula is C14H15BrFNO5. The lowest BCUT2D eigenvalue weighted by atomic mass is 10.0. The van der Waals surface area contributed by atoms with Gasteiger partial charge in [0.15, 0.2) is 11.5 Å². The number of aliphatic hydroxyl groups excluding tert-OH is 1. The molecule has 1 amide bonds. The van der Waals surface area contributed by atoms with Crippen LogP contribution in [0.4, 0.5) is 4.39 Å². The van der Waals surface area contributed by atoms with Crippen LogP contribution in [0.5, 0.6) is 11.5 Å². The Morgan fingerprint density at radius 1 is 1.32 bits per heavy atom. The molecule has 1 saturated heterocycles. The van der Waals surface area contributed by atoms with Crippen LogP contribution in [0, 0.1) is 0 Å². The van der Waals surface area contributed by atoms with Gasteiger partial charge in [-0.05, 0) is 33.6 Å². The standard InChI is InChI=1S/C14H15BrFNO5/c15-14(16,13(19)17-3-5-20-6-4-17)12(18)9-1-2-10-11(7-9)22-8-21-10/h1-2,7,12,18H,3-6,8H2. The number of alkyl halides is 2. The molecule has 3 rings (SSSR count). The van der Waals surface area contributed by atoms with Gasteiger partial charge in [-0.15, -0.1) is 0 Å². The highest BCUT2D eigenvalue weighted by Gasteiger charge is 2.47. The van der Waals surface area contributed by atoms with Crippen molar-refractivity contribution in [2.75, 3.05) is 33.1 Å². The number of carbonyl (C=O) groups excluding carboxylic acids is 1. The number of hydrogen-bond acceptors (Lipinski definition) is 5. The zero-order valence-corrected chi connectivity index (χ0v) is 13.2. The Bertz CT molecular complexity index is 576. The van der Waals surface area contributed by atoms with E-state index in [4.69, 9.17) is 14.2 Å². The predicted molar refractivity (Wildman–Crippen MR) is 77.7 cm³/mol. The molecule has 2 unspecified atom stereocenters. The third-order valence-electron chi connectivity index (χ3n) is 3.64. The average molecular weight is 376 g/mol. The number of halogens is 2. The van der Waals surface area contributed by atoms with Gasteiger partial charge in [0.05, 0.1) is 13.2 Å². The summed E-state index contributed by atoms with van der Waals surface area (Å²) >= 11 is 2.74. The highest BCUT2D eigenvalue weighted by molar-refractivity contribution is 9.10. The van der Waals surface area contributed by atoms with E-state index >= 15 is 0 Å². The van der Waals surface area contributed by atoms with Crippen LogP contribution in [-0.4, -0.2) is 53.6 Å². The fourth-order valence-corrected chi connectivity index (χ4v) is 2.90. The largest absolute Gasteiger partial charge is 0.454 e. The summed E-state index contributed by atoms with van der Waals surface area (Å²) in [6, 6.07) is 4.54. The number of morpholine rings is 1. The molecule has 1 aromatic carbocycles. The molecule has 120 valence electrons. The smallest absolute Gasteiger partial charge is 0.274 e. The van der Waals surface area contributed by atoms with Crippen molar-refractivity contribution < 1.29 is 28.5 Å². The van der Waals surface area contributed by atoms with Gasteiger partial charge in [-0.1, -0.05) is 6.07 Å². The third kappa shape index (κ3) is 2.78. The first-order valence-electron chi connectivity index (χ1n) is 6.82. The van der Waals surface area contributed by atoms with Gasteiger partial charge in [0.25, 0.3) is 10.5 Å². The number of rotatable bonds is 3. The predicted octanol–water partition coefficient (Wildman–Crippen LogP) is 1.37. The van der Waals surface area contributed by atoms with E-state index in [1.165, 1.54) is 17.0 Å². The highest BCUT2D eigenvalue weighted by Crippen LogP contribution is 2.41. The molecule has 0 spiro atoms. The van der Waals surface area contributed by atoms with Crippen molar-refractivity contribution in [3.63, 3.8) is 0 Å². The molecule has 2 aliphatic heterocycles. The fourth-order valence-electron chi connectivity index (χ4n) is 2.39. The van der Waals surface area contributed by atoms with E-state index in [9.17, 15) is 14.3 Å². The summed E-state index contributed by atoms with van der Waals surface area (Å²) in [7, 11) is 0. The van der Waals surface area contributed by atoms with E-state index in [1.807, 2.05) is 0 Å². The summed E-state index contributed by atoms with van der Waals surface area (Å²) in [5.41, 5.74) is 0.227. The van der Waals surface area contributed by atoms with Gasteiger partial charge in [-0.2, -0.15) is 0 Å². The molecule has 2 aliphatic rings. The molecule has 8 heteroatoms. The average Bonchev–Trinajstić information content (AvgIpc) is 3.01.